The molecule has 1 aliphatic carbocycles. The van der Waals surface area contributed by atoms with Crippen LogP contribution in [-0.2, 0) is 19.6 Å². The van der Waals surface area contributed by atoms with Crippen LogP contribution in [0.5, 0.6) is 0 Å². The number of nitrogens with zero attached hydrogens (tertiary/aromatic N) is 1. The van der Waals surface area contributed by atoms with Crippen molar-refractivity contribution in [2.45, 2.75) is 50.0 Å². The maximum Gasteiger partial charge on any atom is 0.244 e. The monoisotopic (exact) mass is 335 g/mol. The first-order chi connectivity index (χ1) is 10.8. The third-order valence-electron chi connectivity index (χ3n) is 5.06. The minimum Gasteiger partial charge on any atom is -0.299 e. The van der Waals surface area contributed by atoms with Crippen LogP contribution in [0, 0.1) is 12.8 Å². The van der Waals surface area contributed by atoms with Crippen molar-refractivity contribution in [3.05, 3.63) is 29.8 Å². The van der Waals surface area contributed by atoms with Crippen LogP contribution < -0.4 is 0 Å². The Morgan fingerprint density at radius 2 is 1.83 bits per heavy atom. The van der Waals surface area contributed by atoms with Gasteiger partial charge in [0.05, 0.1) is 4.90 Å². The summed E-state index contributed by atoms with van der Waals surface area (Å²) in [6.07, 6.45) is 1.44. The molecule has 1 saturated carbocycles. The van der Waals surface area contributed by atoms with Gasteiger partial charge < -0.3 is 0 Å². The molecule has 1 heterocycles. The van der Waals surface area contributed by atoms with Gasteiger partial charge in [-0.15, -0.1) is 0 Å². The quantitative estimate of drug-likeness (QED) is 0.829. The van der Waals surface area contributed by atoms with Crippen molar-refractivity contribution in [1.29, 1.82) is 0 Å². The molecule has 1 saturated heterocycles. The smallest absolute Gasteiger partial charge is 0.244 e. The van der Waals surface area contributed by atoms with E-state index in [4.69, 9.17) is 0 Å². The van der Waals surface area contributed by atoms with Crippen LogP contribution in [-0.4, -0.2) is 36.4 Å². The first-order valence-corrected chi connectivity index (χ1v) is 9.37. The van der Waals surface area contributed by atoms with Gasteiger partial charge in [-0.1, -0.05) is 24.6 Å². The number of sulfonamides is 1. The Morgan fingerprint density at radius 3 is 2.39 bits per heavy atom. The molecule has 0 amide bonds. The molecule has 2 fully saturated rings. The molecular formula is C17H21NO4S. The molecule has 1 spiro atoms. The van der Waals surface area contributed by atoms with Crippen LogP contribution in [0.15, 0.2) is 29.2 Å². The van der Waals surface area contributed by atoms with Crippen LogP contribution >= 0.6 is 0 Å². The second-order valence-corrected chi connectivity index (χ2v) is 8.56. The Bertz CT molecular complexity index is 753. The lowest BCUT2D eigenvalue weighted by Crippen LogP contribution is -2.61. The van der Waals surface area contributed by atoms with Crippen molar-refractivity contribution in [2.24, 2.45) is 5.92 Å². The lowest BCUT2D eigenvalue weighted by molar-refractivity contribution is -0.137. The molecule has 0 N–H and O–H groups in total. The fourth-order valence-electron chi connectivity index (χ4n) is 3.61. The number of carbonyl (C=O) groups is 2. The summed E-state index contributed by atoms with van der Waals surface area (Å²) in [6, 6.07) is 6.63. The molecule has 0 radical (unpaired) electrons. The number of hydrogen-bond donors (Lipinski definition) is 0. The van der Waals surface area contributed by atoms with E-state index in [1.807, 2.05) is 6.92 Å². The zero-order valence-electron chi connectivity index (χ0n) is 13.4. The highest BCUT2D eigenvalue weighted by Crippen LogP contribution is 2.42. The predicted molar refractivity (Wildman–Crippen MR) is 85.4 cm³/mol. The van der Waals surface area contributed by atoms with Crippen molar-refractivity contribution < 1.29 is 18.0 Å². The minimum atomic E-state index is -3.80. The Labute approximate surface area is 136 Å². The third kappa shape index (κ3) is 2.54. The number of piperidine rings is 1. The molecule has 6 heteroatoms. The van der Waals surface area contributed by atoms with Crippen molar-refractivity contribution >= 4 is 21.6 Å². The molecule has 0 bridgehead atoms. The van der Waals surface area contributed by atoms with Crippen LogP contribution in [0.3, 0.4) is 0 Å². The van der Waals surface area contributed by atoms with Gasteiger partial charge in [0, 0.05) is 25.3 Å². The number of Topliss-reactive ketones (excluding diaryl/α,β-unsaturated/α-hetero) is 2. The fourth-order valence-corrected chi connectivity index (χ4v) is 5.48. The molecule has 0 aromatic heterocycles. The van der Waals surface area contributed by atoms with Crippen molar-refractivity contribution in [3.63, 3.8) is 0 Å². The predicted octanol–water partition coefficient (Wildman–Crippen LogP) is 2.09. The van der Waals surface area contributed by atoms with E-state index >= 15 is 0 Å². The standard InChI is InChI=1S/C17H21NO4S/c1-12-5-7-14(8-6-12)23(21,22)18-11-13(2)15(19)10-17(18)9-3-4-16(17)20/h5-8,13H,3-4,9-11H2,1-2H3/t13-,17-/m1/s1. The van der Waals surface area contributed by atoms with Crippen molar-refractivity contribution in [3.8, 4) is 0 Å². The summed E-state index contributed by atoms with van der Waals surface area (Å²) in [6.45, 7) is 3.70. The normalized spacial score (nSPS) is 29.4. The zero-order chi connectivity index (χ0) is 16.8. The van der Waals surface area contributed by atoms with Gasteiger partial charge in [0.1, 0.15) is 11.3 Å². The number of hydrogen-bond acceptors (Lipinski definition) is 4. The van der Waals surface area contributed by atoms with E-state index in [-0.39, 0.29) is 35.3 Å². The average Bonchev–Trinajstić information content (AvgIpc) is 2.84. The van der Waals surface area contributed by atoms with Gasteiger partial charge in [-0.2, -0.15) is 4.31 Å². The van der Waals surface area contributed by atoms with Crippen LogP contribution in [0.25, 0.3) is 0 Å². The Balaban J connectivity index is 2.08. The van der Waals surface area contributed by atoms with E-state index in [9.17, 15) is 18.0 Å². The minimum absolute atomic E-state index is 0.0120. The van der Waals surface area contributed by atoms with E-state index in [1.165, 1.54) is 4.31 Å². The van der Waals surface area contributed by atoms with Crippen LogP contribution in [0.2, 0.25) is 0 Å². The highest BCUT2D eigenvalue weighted by Gasteiger charge is 2.56. The highest BCUT2D eigenvalue weighted by molar-refractivity contribution is 7.89. The van der Waals surface area contributed by atoms with Gasteiger partial charge in [-0.3, -0.25) is 9.59 Å². The molecule has 0 unspecified atom stereocenters. The van der Waals surface area contributed by atoms with Gasteiger partial charge >= 0.3 is 0 Å². The summed E-state index contributed by atoms with van der Waals surface area (Å²) in [4.78, 5) is 24.9. The largest absolute Gasteiger partial charge is 0.299 e. The molecule has 1 aliphatic heterocycles. The number of rotatable bonds is 2. The summed E-state index contributed by atoms with van der Waals surface area (Å²) < 4.78 is 27.6. The summed E-state index contributed by atoms with van der Waals surface area (Å²) in [5.41, 5.74) is -0.189. The molecule has 2 atom stereocenters. The topological polar surface area (TPSA) is 71.5 Å². The lowest BCUT2D eigenvalue weighted by Gasteiger charge is -2.43. The molecule has 1 aromatic carbocycles. The Hall–Kier alpha value is -1.53. The lowest BCUT2D eigenvalue weighted by atomic mass is 9.82. The number of ketones is 2. The third-order valence-corrected chi connectivity index (χ3v) is 7.00. The first-order valence-electron chi connectivity index (χ1n) is 7.93. The van der Waals surface area contributed by atoms with Crippen molar-refractivity contribution in [2.75, 3.05) is 6.54 Å². The maximum absolute atomic E-state index is 13.1. The molecule has 124 valence electrons. The fraction of sp³-hybridized carbons (Fsp3) is 0.529. The Morgan fingerprint density at radius 1 is 1.17 bits per heavy atom. The van der Waals surface area contributed by atoms with Crippen LogP contribution in [0.1, 0.15) is 38.2 Å². The van der Waals surface area contributed by atoms with E-state index in [1.54, 1.807) is 31.2 Å². The van der Waals surface area contributed by atoms with E-state index in [0.29, 0.717) is 19.3 Å². The SMILES string of the molecule is Cc1ccc(S(=O)(=O)N2C[C@@H](C)C(=O)C[C@@]23CCCC3=O)cc1. The second-order valence-electron chi connectivity index (χ2n) is 6.70. The molecule has 23 heavy (non-hydrogen) atoms. The number of aryl methyl sites for hydroxylation is 1. The van der Waals surface area contributed by atoms with Gasteiger partial charge in [0.25, 0.3) is 0 Å². The van der Waals surface area contributed by atoms with Crippen molar-refractivity contribution in [1.82, 2.24) is 4.31 Å². The van der Waals surface area contributed by atoms with Crippen LogP contribution in [0.4, 0.5) is 0 Å². The number of benzene rings is 1. The van der Waals surface area contributed by atoms with E-state index < -0.39 is 15.6 Å². The average molecular weight is 335 g/mol. The summed E-state index contributed by atoms with van der Waals surface area (Å²) in [5, 5.41) is 0. The Kier molecular flexibility index (Phi) is 3.92. The number of carbonyl (C=O) groups excluding carboxylic acids is 2. The van der Waals surface area contributed by atoms with Gasteiger partial charge in [-0.25, -0.2) is 8.42 Å². The first kappa shape index (κ1) is 16.3. The second kappa shape index (κ2) is 5.53. The highest BCUT2D eigenvalue weighted by atomic mass is 32.2. The van der Waals surface area contributed by atoms with Gasteiger partial charge in [-0.05, 0) is 31.9 Å². The molecule has 1 aromatic rings. The molecule has 5 nitrogen and oxygen atoms in total. The molecule has 3 rings (SSSR count). The summed E-state index contributed by atoms with van der Waals surface area (Å²) in [5.74, 6) is -0.515. The van der Waals surface area contributed by atoms with E-state index in [2.05, 4.69) is 0 Å². The van der Waals surface area contributed by atoms with Gasteiger partial charge in [0.15, 0.2) is 5.78 Å². The van der Waals surface area contributed by atoms with E-state index in [0.717, 1.165) is 5.56 Å². The summed E-state index contributed by atoms with van der Waals surface area (Å²) in [7, 11) is -3.80. The maximum atomic E-state index is 13.1. The molecule has 2 aliphatic rings. The molecular weight excluding hydrogens is 314 g/mol. The zero-order valence-corrected chi connectivity index (χ0v) is 14.2. The van der Waals surface area contributed by atoms with Gasteiger partial charge in [0.2, 0.25) is 10.0 Å². The summed E-state index contributed by atoms with van der Waals surface area (Å²) >= 11 is 0.